The van der Waals surface area contributed by atoms with Gasteiger partial charge < -0.3 is 15.4 Å². The maximum atomic E-state index is 12.7. The predicted molar refractivity (Wildman–Crippen MR) is 106 cm³/mol. The molecule has 0 aromatic rings. The van der Waals surface area contributed by atoms with Gasteiger partial charge in [0.05, 0.1) is 12.6 Å². The molecule has 0 aliphatic carbocycles. The lowest BCUT2D eigenvalue weighted by atomic mass is 10.1. The van der Waals surface area contributed by atoms with Gasteiger partial charge in [0.25, 0.3) is 5.91 Å². The predicted octanol–water partition coefficient (Wildman–Crippen LogP) is 2.42. The molecule has 8 heteroatoms. The van der Waals surface area contributed by atoms with Gasteiger partial charge in [0, 0.05) is 13.1 Å². The second-order valence-electron chi connectivity index (χ2n) is 6.62. The molecule has 3 N–H and O–H groups in total. The number of hydrogen-bond donors (Lipinski definition) is 2. The Morgan fingerprint density at radius 2 is 1.89 bits per heavy atom. The van der Waals surface area contributed by atoms with Crippen molar-refractivity contribution >= 4 is 17.9 Å². The number of nitrogens with one attached hydrogen (secondary N) is 1. The SMILES string of the molecule is CCC.CCCCN(NC(=O)[C@H](CCC)N1CC[C@@H](N)C1=O)C(=O)OCC. The normalized spacial score (nSPS) is 17.0. The Bertz CT molecular complexity index is 459. The highest BCUT2D eigenvalue weighted by Crippen LogP contribution is 2.17. The molecule has 158 valence electrons. The maximum absolute atomic E-state index is 12.7. The maximum Gasteiger partial charge on any atom is 0.428 e. The Morgan fingerprint density at radius 3 is 2.33 bits per heavy atom. The Hall–Kier alpha value is -1.83. The smallest absolute Gasteiger partial charge is 0.428 e. The van der Waals surface area contributed by atoms with Gasteiger partial charge in [-0.1, -0.05) is 47.0 Å². The Kier molecular flexibility index (Phi) is 13.3. The molecule has 27 heavy (non-hydrogen) atoms. The van der Waals surface area contributed by atoms with Gasteiger partial charge in [0.2, 0.25) is 5.91 Å². The zero-order chi connectivity index (χ0) is 20.8. The van der Waals surface area contributed by atoms with Crippen molar-refractivity contribution in [3.8, 4) is 0 Å². The molecule has 0 radical (unpaired) electrons. The summed E-state index contributed by atoms with van der Waals surface area (Å²) in [7, 11) is 0. The molecular formula is C19H38N4O4. The highest BCUT2D eigenvalue weighted by atomic mass is 16.6. The zero-order valence-electron chi connectivity index (χ0n) is 17.6. The number of rotatable bonds is 8. The molecule has 1 aliphatic rings. The summed E-state index contributed by atoms with van der Waals surface area (Å²) in [6, 6.07) is -1.16. The topological polar surface area (TPSA) is 105 Å². The summed E-state index contributed by atoms with van der Waals surface area (Å²) in [5, 5.41) is 1.19. The van der Waals surface area contributed by atoms with Crippen molar-refractivity contribution in [1.82, 2.24) is 15.3 Å². The monoisotopic (exact) mass is 386 g/mol. The second-order valence-corrected chi connectivity index (χ2v) is 6.62. The number of likely N-dealkylation sites (tertiary alicyclic amines) is 1. The van der Waals surface area contributed by atoms with Crippen molar-refractivity contribution in [2.24, 2.45) is 5.73 Å². The first-order valence-corrected chi connectivity index (χ1v) is 10.2. The van der Waals surface area contributed by atoms with E-state index in [1.54, 1.807) is 6.92 Å². The third-order valence-corrected chi connectivity index (χ3v) is 3.99. The summed E-state index contributed by atoms with van der Waals surface area (Å²) >= 11 is 0. The Morgan fingerprint density at radius 1 is 1.26 bits per heavy atom. The minimum absolute atomic E-state index is 0.208. The first kappa shape index (κ1) is 25.2. The van der Waals surface area contributed by atoms with Crippen LogP contribution in [-0.2, 0) is 14.3 Å². The summed E-state index contributed by atoms with van der Waals surface area (Å²) in [6.45, 7) is 11.0. The van der Waals surface area contributed by atoms with Crippen LogP contribution in [0.5, 0.6) is 0 Å². The number of hydrazine groups is 1. The van der Waals surface area contributed by atoms with Crippen molar-refractivity contribution in [3.05, 3.63) is 0 Å². The number of nitrogens with two attached hydrogens (primary N) is 1. The van der Waals surface area contributed by atoms with Crippen LogP contribution in [0.25, 0.3) is 0 Å². The van der Waals surface area contributed by atoms with Crippen molar-refractivity contribution in [1.29, 1.82) is 0 Å². The van der Waals surface area contributed by atoms with Gasteiger partial charge >= 0.3 is 6.09 Å². The summed E-state index contributed by atoms with van der Waals surface area (Å²) in [6.07, 6.45) is 4.09. The van der Waals surface area contributed by atoms with Gasteiger partial charge in [-0.2, -0.15) is 0 Å². The van der Waals surface area contributed by atoms with Crippen LogP contribution in [-0.4, -0.2) is 59.6 Å². The molecule has 0 unspecified atom stereocenters. The van der Waals surface area contributed by atoms with E-state index in [9.17, 15) is 14.4 Å². The molecule has 0 spiro atoms. The first-order valence-electron chi connectivity index (χ1n) is 10.2. The molecule has 3 amide bonds. The molecule has 0 bridgehead atoms. The minimum Gasteiger partial charge on any atom is -0.448 e. The lowest BCUT2D eigenvalue weighted by Crippen LogP contribution is -2.55. The molecule has 1 aliphatic heterocycles. The van der Waals surface area contributed by atoms with Crippen LogP contribution in [0, 0.1) is 0 Å². The molecule has 0 aromatic carbocycles. The molecule has 0 aromatic heterocycles. The zero-order valence-corrected chi connectivity index (χ0v) is 17.6. The molecule has 1 rings (SSSR count). The molecule has 1 heterocycles. The second kappa shape index (κ2) is 14.3. The molecule has 0 saturated carbocycles. The third-order valence-electron chi connectivity index (χ3n) is 3.99. The van der Waals surface area contributed by atoms with Crippen molar-refractivity contribution < 1.29 is 19.1 Å². The van der Waals surface area contributed by atoms with Crippen LogP contribution in [0.2, 0.25) is 0 Å². The van der Waals surface area contributed by atoms with E-state index in [2.05, 4.69) is 19.3 Å². The van der Waals surface area contributed by atoms with Gasteiger partial charge in [-0.25, -0.2) is 9.80 Å². The van der Waals surface area contributed by atoms with Crippen LogP contribution in [0.4, 0.5) is 4.79 Å². The lowest BCUT2D eigenvalue weighted by molar-refractivity contribution is -0.140. The average molecular weight is 387 g/mol. The molecular weight excluding hydrogens is 348 g/mol. The summed E-state index contributed by atoms with van der Waals surface area (Å²) < 4.78 is 4.98. The molecule has 8 nitrogen and oxygen atoms in total. The van der Waals surface area contributed by atoms with E-state index in [4.69, 9.17) is 10.5 Å². The highest BCUT2D eigenvalue weighted by Gasteiger charge is 2.37. The third kappa shape index (κ3) is 8.60. The Balaban J connectivity index is 0.00000210. The first-order chi connectivity index (χ1) is 12.9. The van der Waals surface area contributed by atoms with E-state index in [1.165, 1.54) is 16.3 Å². The lowest BCUT2D eigenvalue weighted by Gasteiger charge is -2.30. The van der Waals surface area contributed by atoms with E-state index in [0.717, 1.165) is 19.3 Å². The van der Waals surface area contributed by atoms with E-state index in [-0.39, 0.29) is 18.4 Å². The quantitative estimate of drug-likeness (QED) is 0.623. The van der Waals surface area contributed by atoms with Gasteiger partial charge in [-0.05, 0) is 26.2 Å². The van der Waals surface area contributed by atoms with E-state index >= 15 is 0 Å². The average Bonchev–Trinajstić information content (AvgIpc) is 2.96. The molecule has 1 fully saturated rings. The number of amides is 3. The molecule has 2 atom stereocenters. The minimum atomic E-state index is -0.616. The number of nitrogens with zero attached hydrogens (tertiary/aromatic N) is 2. The van der Waals surface area contributed by atoms with Crippen LogP contribution in [0.15, 0.2) is 0 Å². The van der Waals surface area contributed by atoms with Crippen LogP contribution in [0.3, 0.4) is 0 Å². The van der Waals surface area contributed by atoms with Crippen LogP contribution >= 0.6 is 0 Å². The Labute approximate surface area is 163 Å². The number of unbranched alkanes of at least 4 members (excludes halogenated alkanes) is 1. The number of carbonyl (C=O) groups excluding carboxylic acids is 3. The van der Waals surface area contributed by atoms with E-state index in [0.29, 0.717) is 25.9 Å². The van der Waals surface area contributed by atoms with Gasteiger partial charge in [-0.15, -0.1) is 0 Å². The highest BCUT2D eigenvalue weighted by molar-refractivity contribution is 5.91. The summed E-state index contributed by atoms with van der Waals surface area (Å²) in [5.74, 6) is -0.580. The number of hydrogen-bond acceptors (Lipinski definition) is 5. The van der Waals surface area contributed by atoms with Crippen molar-refractivity contribution in [2.45, 2.75) is 85.2 Å². The van der Waals surface area contributed by atoms with Gasteiger partial charge in [0.15, 0.2) is 0 Å². The fraction of sp³-hybridized carbons (Fsp3) is 0.842. The summed E-state index contributed by atoms with van der Waals surface area (Å²) in [5.41, 5.74) is 8.37. The van der Waals surface area contributed by atoms with Crippen molar-refractivity contribution in [2.75, 3.05) is 19.7 Å². The molecule has 1 saturated heterocycles. The summed E-state index contributed by atoms with van der Waals surface area (Å²) in [4.78, 5) is 38.3. The van der Waals surface area contributed by atoms with Crippen LogP contribution in [0.1, 0.15) is 73.1 Å². The number of ether oxygens (including phenoxy) is 1. The fourth-order valence-corrected chi connectivity index (χ4v) is 2.65. The van der Waals surface area contributed by atoms with E-state index in [1.807, 2.05) is 13.8 Å². The van der Waals surface area contributed by atoms with Gasteiger partial charge in [0.1, 0.15) is 6.04 Å². The van der Waals surface area contributed by atoms with Crippen LogP contribution < -0.4 is 11.2 Å². The largest absolute Gasteiger partial charge is 0.448 e. The van der Waals surface area contributed by atoms with Gasteiger partial charge in [-0.3, -0.25) is 15.0 Å². The fourth-order valence-electron chi connectivity index (χ4n) is 2.65. The van der Waals surface area contributed by atoms with Crippen molar-refractivity contribution in [3.63, 3.8) is 0 Å². The standard InChI is InChI=1S/C16H30N4O4.C3H8/c1-4-7-10-20(16(23)24-6-3)18-14(21)13(8-5-2)19-11-9-12(17)15(19)22;1-3-2/h12-13H,4-11,17H2,1-3H3,(H,18,21);3H2,1-2H3/t12-,13+;/m1./s1. The number of carbonyl (C=O) groups is 3. The van der Waals surface area contributed by atoms with E-state index < -0.39 is 18.2 Å².